The van der Waals surface area contributed by atoms with Gasteiger partial charge >= 0.3 is 0 Å². The molecule has 1 saturated heterocycles. The van der Waals surface area contributed by atoms with E-state index in [0.717, 1.165) is 35.8 Å². The lowest BCUT2D eigenvalue weighted by Gasteiger charge is -2.35. The van der Waals surface area contributed by atoms with E-state index in [-0.39, 0.29) is 24.3 Å². The van der Waals surface area contributed by atoms with Gasteiger partial charge in [0.25, 0.3) is 0 Å². The van der Waals surface area contributed by atoms with Gasteiger partial charge in [0, 0.05) is 23.5 Å². The second kappa shape index (κ2) is 6.88. The van der Waals surface area contributed by atoms with Crippen molar-refractivity contribution in [2.45, 2.75) is 38.1 Å². The second-order valence-corrected chi connectivity index (χ2v) is 6.13. The molecule has 0 aliphatic carbocycles. The van der Waals surface area contributed by atoms with Crippen molar-refractivity contribution in [1.82, 2.24) is 4.90 Å². The van der Waals surface area contributed by atoms with E-state index in [0.29, 0.717) is 6.42 Å². The van der Waals surface area contributed by atoms with Crippen LogP contribution in [-0.2, 0) is 16.0 Å². The Morgan fingerprint density at radius 2 is 2.15 bits per heavy atom. The lowest BCUT2D eigenvalue weighted by molar-refractivity contribution is -0.135. The summed E-state index contributed by atoms with van der Waals surface area (Å²) in [5.74, 6) is -0.258. The average molecular weight is 339 g/mol. The third-order valence-electron chi connectivity index (χ3n) is 3.63. The van der Waals surface area contributed by atoms with E-state index < -0.39 is 0 Å². The van der Waals surface area contributed by atoms with Gasteiger partial charge in [-0.05, 0) is 37.0 Å². The molecule has 0 spiro atoms. The number of likely N-dealkylation sites (tertiary alicyclic amines) is 1. The Hall–Kier alpha value is -1.36. The van der Waals surface area contributed by atoms with Crippen LogP contribution < -0.4 is 5.73 Å². The lowest BCUT2D eigenvalue weighted by Crippen LogP contribution is -2.46. The number of nitrogens with zero attached hydrogens (tertiary/aromatic N) is 1. The van der Waals surface area contributed by atoms with Gasteiger partial charge in [-0.3, -0.25) is 9.59 Å². The van der Waals surface area contributed by atoms with Gasteiger partial charge in [-0.25, -0.2) is 0 Å². The van der Waals surface area contributed by atoms with Gasteiger partial charge in [-0.2, -0.15) is 0 Å². The highest BCUT2D eigenvalue weighted by Crippen LogP contribution is 2.21. The molecule has 0 bridgehead atoms. The fourth-order valence-corrected chi connectivity index (χ4v) is 3.14. The predicted molar refractivity (Wildman–Crippen MR) is 81.0 cm³/mol. The number of hydrogen-bond acceptors (Lipinski definition) is 2. The molecule has 0 unspecified atom stereocenters. The van der Waals surface area contributed by atoms with E-state index in [1.807, 2.05) is 29.2 Å². The van der Waals surface area contributed by atoms with E-state index >= 15 is 0 Å². The van der Waals surface area contributed by atoms with Crippen LogP contribution in [0.3, 0.4) is 0 Å². The van der Waals surface area contributed by atoms with E-state index in [1.165, 1.54) is 0 Å². The maximum Gasteiger partial charge on any atom is 0.227 e. The van der Waals surface area contributed by atoms with Crippen LogP contribution in [0.25, 0.3) is 0 Å². The van der Waals surface area contributed by atoms with E-state index in [9.17, 15) is 9.59 Å². The Balaban J connectivity index is 2.04. The topological polar surface area (TPSA) is 63.4 Å². The summed E-state index contributed by atoms with van der Waals surface area (Å²) in [5, 5.41) is 0. The predicted octanol–water partition coefficient (Wildman–Crippen LogP) is 2.25. The van der Waals surface area contributed by atoms with Crippen LogP contribution in [0.2, 0.25) is 0 Å². The number of hydrogen-bond donors (Lipinski definition) is 1. The average Bonchev–Trinajstić information content (AvgIpc) is 2.38. The molecule has 1 aromatic carbocycles. The Labute approximate surface area is 127 Å². The third kappa shape index (κ3) is 4.07. The largest absolute Gasteiger partial charge is 0.370 e. The number of nitrogens with two attached hydrogens (primary N) is 1. The fourth-order valence-electron chi connectivity index (χ4n) is 2.70. The normalized spacial score (nSPS) is 18.9. The summed E-state index contributed by atoms with van der Waals surface area (Å²) in [4.78, 5) is 25.4. The van der Waals surface area contributed by atoms with Crippen LogP contribution in [0.4, 0.5) is 0 Å². The summed E-state index contributed by atoms with van der Waals surface area (Å²) in [5.41, 5.74) is 6.25. The van der Waals surface area contributed by atoms with Crippen LogP contribution in [0.5, 0.6) is 0 Å². The zero-order chi connectivity index (χ0) is 14.5. The van der Waals surface area contributed by atoms with Crippen LogP contribution in [-0.4, -0.2) is 29.3 Å². The van der Waals surface area contributed by atoms with Crippen molar-refractivity contribution in [3.05, 3.63) is 34.3 Å². The minimum Gasteiger partial charge on any atom is -0.370 e. The highest BCUT2D eigenvalue weighted by atomic mass is 79.9. The number of carbonyl (C=O) groups is 2. The van der Waals surface area contributed by atoms with Gasteiger partial charge in [0.15, 0.2) is 0 Å². The van der Waals surface area contributed by atoms with E-state index in [4.69, 9.17) is 5.73 Å². The molecule has 1 aliphatic rings. The van der Waals surface area contributed by atoms with E-state index in [1.54, 1.807) is 0 Å². The molecular formula is C15H19BrN2O2. The van der Waals surface area contributed by atoms with Crippen LogP contribution in [0.15, 0.2) is 28.7 Å². The van der Waals surface area contributed by atoms with Gasteiger partial charge in [0.2, 0.25) is 11.8 Å². The molecule has 20 heavy (non-hydrogen) atoms. The minimum atomic E-state index is -0.336. The van der Waals surface area contributed by atoms with Crippen molar-refractivity contribution in [2.75, 3.05) is 6.54 Å². The number of primary amides is 1. The zero-order valence-corrected chi connectivity index (χ0v) is 12.9. The molecule has 2 N–H and O–H groups in total. The number of carbonyl (C=O) groups excluding carboxylic acids is 2. The van der Waals surface area contributed by atoms with Crippen LogP contribution in [0.1, 0.15) is 31.2 Å². The highest BCUT2D eigenvalue weighted by Gasteiger charge is 2.27. The number of benzene rings is 1. The van der Waals surface area contributed by atoms with Gasteiger partial charge < -0.3 is 10.6 Å². The zero-order valence-electron chi connectivity index (χ0n) is 11.3. The minimum absolute atomic E-state index is 0.0269. The van der Waals surface area contributed by atoms with Gasteiger partial charge in [-0.15, -0.1) is 0 Å². The first-order chi connectivity index (χ1) is 9.56. The molecule has 0 radical (unpaired) electrons. The van der Waals surface area contributed by atoms with Gasteiger partial charge in [0.05, 0.1) is 6.42 Å². The summed E-state index contributed by atoms with van der Waals surface area (Å²) in [6.45, 7) is 0.727. The van der Waals surface area contributed by atoms with Crippen molar-refractivity contribution >= 4 is 27.7 Å². The summed E-state index contributed by atoms with van der Waals surface area (Å²) < 4.78 is 0.968. The molecular weight excluding hydrogens is 320 g/mol. The Morgan fingerprint density at radius 3 is 2.85 bits per heavy atom. The molecule has 1 aliphatic heterocycles. The molecule has 5 heteroatoms. The van der Waals surface area contributed by atoms with Crippen LogP contribution in [0, 0.1) is 0 Å². The highest BCUT2D eigenvalue weighted by molar-refractivity contribution is 9.10. The van der Waals surface area contributed by atoms with Crippen molar-refractivity contribution in [1.29, 1.82) is 0 Å². The lowest BCUT2D eigenvalue weighted by atomic mass is 9.98. The molecule has 1 atom stereocenters. The van der Waals surface area contributed by atoms with Crippen molar-refractivity contribution in [3.8, 4) is 0 Å². The molecule has 1 fully saturated rings. The van der Waals surface area contributed by atoms with Gasteiger partial charge in [-0.1, -0.05) is 28.1 Å². The number of halogens is 1. The summed E-state index contributed by atoms with van der Waals surface area (Å²) >= 11 is 3.41. The molecule has 2 rings (SSSR count). The van der Waals surface area contributed by atoms with Gasteiger partial charge in [0.1, 0.15) is 0 Å². The molecule has 4 nitrogen and oxygen atoms in total. The SMILES string of the molecule is NC(=O)C[C@@H]1CCCCN1C(=O)Cc1cccc(Br)c1. The number of piperidine rings is 1. The standard InChI is InChI=1S/C15H19BrN2O2/c16-12-5-3-4-11(8-12)9-15(20)18-7-2-1-6-13(18)10-14(17)19/h3-5,8,13H,1-2,6-7,9-10H2,(H2,17,19)/t13-/m0/s1. The maximum atomic E-state index is 12.4. The Bertz CT molecular complexity index is 504. The van der Waals surface area contributed by atoms with E-state index in [2.05, 4.69) is 15.9 Å². The summed E-state index contributed by atoms with van der Waals surface area (Å²) in [6, 6.07) is 7.72. The summed E-state index contributed by atoms with van der Waals surface area (Å²) in [7, 11) is 0. The third-order valence-corrected chi connectivity index (χ3v) is 4.12. The second-order valence-electron chi connectivity index (χ2n) is 5.21. The number of amides is 2. The Kier molecular flexibility index (Phi) is 5.17. The monoisotopic (exact) mass is 338 g/mol. The first-order valence-corrected chi connectivity index (χ1v) is 7.68. The van der Waals surface area contributed by atoms with Crippen molar-refractivity contribution in [3.63, 3.8) is 0 Å². The van der Waals surface area contributed by atoms with Crippen molar-refractivity contribution < 1.29 is 9.59 Å². The molecule has 108 valence electrons. The first-order valence-electron chi connectivity index (χ1n) is 6.88. The smallest absolute Gasteiger partial charge is 0.227 e. The molecule has 0 saturated carbocycles. The first kappa shape index (κ1) is 15.0. The van der Waals surface area contributed by atoms with Crippen molar-refractivity contribution in [2.24, 2.45) is 5.73 Å². The Morgan fingerprint density at radius 1 is 1.35 bits per heavy atom. The number of rotatable bonds is 4. The fraction of sp³-hybridized carbons (Fsp3) is 0.467. The molecule has 0 aromatic heterocycles. The summed E-state index contributed by atoms with van der Waals surface area (Å²) in [6.07, 6.45) is 3.56. The maximum absolute atomic E-state index is 12.4. The molecule has 1 aromatic rings. The molecule has 1 heterocycles. The van der Waals surface area contributed by atoms with Crippen LogP contribution >= 0.6 is 15.9 Å². The molecule has 2 amide bonds. The quantitative estimate of drug-likeness (QED) is 0.914.